The number of hydrogen-bond acceptors (Lipinski definition) is 5. The molecule has 1 fully saturated rings. The van der Waals surface area contributed by atoms with Crippen molar-refractivity contribution in [2.45, 2.75) is 24.2 Å². The van der Waals surface area contributed by atoms with Crippen LogP contribution in [0, 0.1) is 5.92 Å². The van der Waals surface area contributed by atoms with Gasteiger partial charge >= 0.3 is 0 Å². The summed E-state index contributed by atoms with van der Waals surface area (Å²) in [6.45, 7) is 2.36. The van der Waals surface area contributed by atoms with Gasteiger partial charge in [0, 0.05) is 19.8 Å². The van der Waals surface area contributed by atoms with E-state index in [-0.39, 0.29) is 29.8 Å². The van der Waals surface area contributed by atoms with Gasteiger partial charge in [-0.2, -0.15) is 5.10 Å². The molecule has 1 aromatic heterocycles. The van der Waals surface area contributed by atoms with E-state index in [1.165, 1.54) is 29.9 Å². The molecule has 2 rings (SSSR count). The molecule has 1 aliphatic rings. The molecule has 0 aliphatic carbocycles. The summed E-state index contributed by atoms with van der Waals surface area (Å²) in [7, 11) is -2.05. The van der Waals surface area contributed by atoms with E-state index in [2.05, 4.69) is 20.5 Å². The second kappa shape index (κ2) is 9.21. The standard InChI is InChI=1S/C13H23N5O3S.ClH/c1-18-10-12(8-16-18)22(20,21)17-9-13(19)15-6-4-11-3-2-5-14-7-11;/h8,10-11,14,17H,2-7,9H2,1H3,(H,15,19);1H. The molecule has 23 heavy (non-hydrogen) atoms. The van der Waals surface area contributed by atoms with Crippen molar-refractivity contribution in [3.05, 3.63) is 12.4 Å². The predicted molar refractivity (Wildman–Crippen MR) is 88.9 cm³/mol. The van der Waals surface area contributed by atoms with E-state index >= 15 is 0 Å². The van der Waals surface area contributed by atoms with Crippen molar-refractivity contribution in [1.82, 2.24) is 25.1 Å². The molecule has 0 spiro atoms. The lowest BCUT2D eigenvalue weighted by Crippen LogP contribution is -2.38. The Morgan fingerprint density at radius 1 is 1.52 bits per heavy atom. The first kappa shape index (κ1) is 19.9. The third-order valence-electron chi connectivity index (χ3n) is 3.69. The van der Waals surface area contributed by atoms with Gasteiger partial charge < -0.3 is 10.6 Å². The molecule has 10 heteroatoms. The number of aromatic nitrogens is 2. The van der Waals surface area contributed by atoms with Crippen molar-refractivity contribution < 1.29 is 13.2 Å². The number of halogens is 1. The van der Waals surface area contributed by atoms with Gasteiger partial charge in [-0.15, -0.1) is 12.4 Å². The lowest BCUT2D eigenvalue weighted by molar-refractivity contribution is -0.120. The Hall–Kier alpha value is -1.16. The molecular formula is C13H24ClN5O3S. The maximum atomic E-state index is 11.9. The van der Waals surface area contributed by atoms with Gasteiger partial charge in [0.2, 0.25) is 15.9 Å². The predicted octanol–water partition coefficient (Wildman–Crippen LogP) is -0.374. The number of piperidine rings is 1. The number of nitrogens with one attached hydrogen (secondary N) is 3. The minimum atomic E-state index is -3.68. The topological polar surface area (TPSA) is 105 Å². The quantitative estimate of drug-likeness (QED) is 0.611. The zero-order valence-electron chi connectivity index (χ0n) is 13.1. The van der Waals surface area contributed by atoms with Crippen LogP contribution in [0.25, 0.3) is 0 Å². The van der Waals surface area contributed by atoms with E-state index in [1.807, 2.05) is 0 Å². The SMILES string of the molecule is Cl.Cn1cc(S(=O)(=O)NCC(=O)NCCC2CCCNC2)cn1. The van der Waals surface area contributed by atoms with Crippen LogP contribution in [-0.4, -0.2) is 50.3 Å². The monoisotopic (exact) mass is 365 g/mol. The Balaban J connectivity index is 0.00000264. The van der Waals surface area contributed by atoms with Crippen LogP contribution < -0.4 is 15.4 Å². The average Bonchev–Trinajstić information content (AvgIpc) is 2.94. The number of rotatable bonds is 7. The number of carbonyl (C=O) groups is 1. The first-order valence-corrected chi connectivity index (χ1v) is 8.91. The maximum Gasteiger partial charge on any atom is 0.244 e. The van der Waals surface area contributed by atoms with Crippen molar-refractivity contribution in [3.63, 3.8) is 0 Å². The van der Waals surface area contributed by atoms with E-state index < -0.39 is 10.0 Å². The summed E-state index contributed by atoms with van der Waals surface area (Å²) in [6.07, 6.45) is 5.89. The van der Waals surface area contributed by atoms with Crippen LogP contribution in [0.4, 0.5) is 0 Å². The van der Waals surface area contributed by atoms with Crippen molar-refractivity contribution in [2.24, 2.45) is 13.0 Å². The van der Waals surface area contributed by atoms with Gasteiger partial charge in [0.15, 0.2) is 0 Å². The molecule has 1 amide bonds. The Kier molecular flexibility index (Phi) is 7.97. The fourth-order valence-corrected chi connectivity index (χ4v) is 3.40. The van der Waals surface area contributed by atoms with Crippen LogP contribution >= 0.6 is 12.4 Å². The molecule has 2 heterocycles. The molecule has 0 radical (unpaired) electrons. The van der Waals surface area contributed by atoms with Crippen LogP contribution in [0.1, 0.15) is 19.3 Å². The van der Waals surface area contributed by atoms with Gasteiger partial charge in [-0.3, -0.25) is 9.48 Å². The second-order valence-electron chi connectivity index (χ2n) is 5.53. The highest BCUT2D eigenvalue weighted by Crippen LogP contribution is 2.12. The number of hydrogen-bond donors (Lipinski definition) is 3. The highest BCUT2D eigenvalue weighted by Gasteiger charge is 2.17. The summed E-state index contributed by atoms with van der Waals surface area (Å²) in [5.41, 5.74) is 0. The fraction of sp³-hybridized carbons (Fsp3) is 0.692. The molecule has 1 atom stereocenters. The highest BCUT2D eigenvalue weighted by molar-refractivity contribution is 7.89. The normalized spacial score (nSPS) is 18.2. The van der Waals surface area contributed by atoms with Gasteiger partial charge in [-0.25, -0.2) is 13.1 Å². The van der Waals surface area contributed by atoms with Gasteiger partial charge in [0.1, 0.15) is 4.90 Å². The van der Waals surface area contributed by atoms with Crippen LogP contribution in [0.5, 0.6) is 0 Å². The number of sulfonamides is 1. The zero-order valence-corrected chi connectivity index (χ0v) is 14.8. The summed E-state index contributed by atoms with van der Waals surface area (Å²) >= 11 is 0. The molecule has 1 saturated heterocycles. The molecular weight excluding hydrogens is 342 g/mol. The molecule has 3 N–H and O–H groups in total. The highest BCUT2D eigenvalue weighted by atomic mass is 35.5. The van der Waals surface area contributed by atoms with Crippen LogP contribution in [0.15, 0.2) is 17.3 Å². The Morgan fingerprint density at radius 3 is 2.91 bits per heavy atom. The average molecular weight is 366 g/mol. The van der Waals surface area contributed by atoms with E-state index in [4.69, 9.17) is 0 Å². The number of amides is 1. The van der Waals surface area contributed by atoms with Crippen molar-refractivity contribution >= 4 is 28.3 Å². The Labute approximate surface area is 142 Å². The number of aryl methyl sites for hydroxylation is 1. The smallest absolute Gasteiger partial charge is 0.244 e. The molecule has 1 aliphatic heterocycles. The van der Waals surface area contributed by atoms with Crippen molar-refractivity contribution in [1.29, 1.82) is 0 Å². The molecule has 0 aromatic carbocycles. The first-order chi connectivity index (χ1) is 10.5. The van der Waals surface area contributed by atoms with Crippen molar-refractivity contribution in [2.75, 3.05) is 26.2 Å². The van der Waals surface area contributed by atoms with E-state index in [1.54, 1.807) is 7.05 Å². The number of carbonyl (C=O) groups excluding carboxylic acids is 1. The van der Waals surface area contributed by atoms with Gasteiger partial charge in [-0.1, -0.05) is 0 Å². The Morgan fingerprint density at radius 2 is 2.30 bits per heavy atom. The van der Waals surface area contributed by atoms with Gasteiger partial charge in [0.05, 0.1) is 12.7 Å². The van der Waals surface area contributed by atoms with Crippen LogP contribution in [0.3, 0.4) is 0 Å². The summed E-state index contributed by atoms with van der Waals surface area (Å²) in [5.74, 6) is 0.261. The minimum absolute atomic E-state index is 0. The molecule has 0 saturated carbocycles. The largest absolute Gasteiger partial charge is 0.355 e. The molecule has 1 aromatic rings. The number of nitrogens with zero attached hydrogens (tertiary/aromatic N) is 2. The summed E-state index contributed by atoms with van der Waals surface area (Å²) in [4.78, 5) is 11.7. The first-order valence-electron chi connectivity index (χ1n) is 7.43. The Bertz CT molecular complexity index is 599. The molecule has 1 unspecified atom stereocenters. The summed E-state index contributed by atoms with van der Waals surface area (Å²) < 4.78 is 27.5. The fourth-order valence-electron chi connectivity index (χ4n) is 2.43. The minimum Gasteiger partial charge on any atom is -0.355 e. The molecule has 8 nitrogen and oxygen atoms in total. The zero-order chi connectivity index (χ0) is 16.0. The second-order valence-corrected chi connectivity index (χ2v) is 7.29. The lowest BCUT2D eigenvalue weighted by atomic mass is 9.96. The van der Waals surface area contributed by atoms with E-state index in [9.17, 15) is 13.2 Å². The third-order valence-corrected chi connectivity index (χ3v) is 5.04. The lowest BCUT2D eigenvalue weighted by Gasteiger charge is -2.22. The van der Waals surface area contributed by atoms with E-state index in [0.717, 1.165) is 19.5 Å². The molecule has 0 bridgehead atoms. The maximum absolute atomic E-state index is 11.9. The van der Waals surface area contributed by atoms with Crippen molar-refractivity contribution in [3.8, 4) is 0 Å². The third kappa shape index (κ3) is 6.46. The summed E-state index contributed by atoms with van der Waals surface area (Å²) in [5, 5.41) is 9.87. The van der Waals surface area contributed by atoms with Gasteiger partial charge in [0.25, 0.3) is 0 Å². The van der Waals surface area contributed by atoms with Crippen LogP contribution in [0.2, 0.25) is 0 Å². The van der Waals surface area contributed by atoms with Crippen LogP contribution in [-0.2, 0) is 21.9 Å². The van der Waals surface area contributed by atoms with Gasteiger partial charge in [-0.05, 0) is 38.3 Å². The molecule has 132 valence electrons. The van der Waals surface area contributed by atoms with E-state index in [0.29, 0.717) is 12.5 Å². The summed E-state index contributed by atoms with van der Waals surface area (Å²) in [6, 6.07) is 0.